The number of imidazole rings is 6. The molecule has 0 spiro atoms. The average molecular weight is 2060 g/mol. The first-order valence-electron chi connectivity index (χ1n) is 45.7. The number of rotatable bonds is 14. The molecule has 0 bridgehead atoms. The maximum absolute atomic E-state index is 14.3. The molecule has 24 rings (SSSR count). The number of fused-ring (bicyclic) bond motifs is 6. The number of hydrogen-bond acceptors (Lipinski definition) is 14. The van der Waals surface area contributed by atoms with Crippen molar-refractivity contribution in [2.45, 2.75) is 41.5 Å². The first kappa shape index (κ1) is 98.9. The molecule has 0 saturated heterocycles. The van der Waals surface area contributed by atoms with Crippen molar-refractivity contribution in [3.63, 3.8) is 0 Å². The van der Waals surface area contributed by atoms with Gasteiger partial charge in [0.2, 0.25) is 0 Å². The Labute approximate surface area is 868 Å². The molecule has 0 amide bonds. The molecular weight excluding hydrogens is 1990 g/mol. The predicted molar refractivity (Wildman–Crippen MR) is 572 cm³/mol. The number of halogens is 11. The van der Waals surface area contributed by atoms with Crippen molar-refractivity contribution in [2.75, 3.05) is 0 Å². The van der Waals surface area contributed by atoms with E-state index in [-0.39, 0.29) is 38.0 Å². The maximum Gasteiger partial charge on any atom is 0.178 e. The first-order chi connectivity index (χ1) is 71.2. The maximum atomic E-state index is 14.3. The third-order valence-corrected chi connectivity index (χ3v) is 25.8. The number of Topliss-reactive ketones (excluding diaryl/α,β-unsaturated/α-hetero) is 2. The van der Waals surface area contributed by atoms with Gasteiger partial charge in [-0.1, -0.05) is 130 Å². The first-order valence-corrected chi connectivity index (χ1v) is 47.9. The van der Waals surface area contributed by atoms with E-state index < -0.39 is 23.3 Å². The molecule has 0 atom stereocenters. The van der Waals surface area contributed by atoms with E-state index in [0.717, 1.165) is 158 Å². The second-order valence-corrected chi connectivity index (χ2v) is 36.5. The summed E-state index contributed by atoms with van der Waals surface area (Å²) in [5.74, 6) is -2.85. The van der Waals surface area contributed by atoms with Gasteiger partial charge >= 0.3 is 0 Å². The van der Waals surface area contributed by atoms with Gasteiger partial charge in [0.25, 0.3) is 0 Å². The number of ketones is 2. The highest BCUT2D eigenvalue weighted by atomic mass is 35.5. The zero-order valence-electron chi connectivity index (χ0n) is 78.7. The van der Waals surface area contributed by atoms with Gasteiger partial charge in [0.05, 0.1) is 61.6 Å². The van der Waals surface area contributed by atoms with Crippen LogP contribution in [-0.4, -0.2) is 97.8 Å². The van der Waals surface area contributed by atoms with Crippen LogP contribution in [0, 0.1) is 56.8 Å². The van der Waals surface area contributed by atoms with Gasteiger partial charge in [0.15, 0.2) is 11.6 Å². The van der Waals surface area contributed by atoms with Crippen LogP contribution in [0.2, 0.25) is 30.1 Å². The zero-order chi connectivity index (χ0) is 102. The van der Waals surface area contributed by atoms with E-state index in [0.29, 0.717) is 60.3 Å². The fourth-order valence-electron chi connectivity index (χ4n) is 17.0. The van der Waals surface area contributed by atoms with Crippen LogP contribution in [0.15, 0.2) is 372 Å². The topological polar surface area (TPSA) is 215 Å². The summed E-state index contributed by atoms with van der Waals surface area (Å²) < 4.78 is 80.7. The number of carbonyl (C=O) groups excluding carboxylic acids is 2. The Morgan fingerprint density at radius 1 is 0.218 bits per heavy atom. The summed E-state index contributed by atoms with van der Waals surface area (Å²) in [5.41, 5.74) is 29.5. The van der Waals surface area contributed by atoms with Crippen LogP contribution >= 0.6 is 69.6 Å². The molecule has 20 nitrogen and oxygen atoms in total. The third kappa shape index (κ3) is 21.4. The van der Waals surface area contributed by atoms with Gasteiger partial charge in [0, 0.05) is 257 Å². The minimum absolute atomic E-state index is 0.0223. The summed E-state index contributed by atoms with van der Waals surface area (Å²) in [6.45, 7) is 11.0. The number of nitrogens with zero attached hydrogens (tertiary/aromatic N) is 18. The van der Waals surface area contributed by atoms with Crippen molar-refractivity contribution in [2.24, 2.45) is 0 Å². The van der Waals surface area contributed by atoms with Gasteiger partial charge in [-0.3, -0.25) is 48.3 Å². The van der Waals surface area contributed by atoms with Gasteiger partial charge in [-0.25, -0.2) is 51.9 Å². The molecule has 0 unspecified atom stereocenters. The second kappa shape index (κ2) is 43.3. The SMILES string of the molecule is CC(=O)c1cnc2ccc(-c3cccnc3-c3ccc(F)c(Cl)c3)cn12.CC(=O)c1cnc2ccc(-c3cccnc3-c3cccc(Cl)c3)cn12.Cc1cnc2ccc(-c3cccnc3-c3cc(Cl)c(F)cc3F)cn12.Cc1cnc2ccc(-c3cccnc3-c3cc(Cl)ccc3F)cn12.Cc1cnc2ccc(-c3cccnc3-c3ccc(F)c(Cl)c3)cn12.Cc1cnc2ccc(-c3cccnc3-c3cccc(Cl)c3)cn12. The van der Waals surface area contributed by atoms with Crippen LogP contribution in [0.4, 0.5) is 22.0 Å². The largest absolute Gasteiger partial charge is 0.304 e. The van der Waals surface area contributed by atoms with E-state index in [1.807, 2.05) is 271 Å². The highest BCUT2D eigenvalue weighted by molar-refractivity contribution is 6.33. The van der Waals surface area contributed by atoms with Crippen molar-refractivity contribution in [3.05, 3.63) is 466 Å². The molecule has 0 saturated carbocycles. The molecule has 147 heavy (non-hydrogen) atoms. The van der Waals surface area contributed by atoms with Crippen LogP contribution < -0.4 is 0 Å². The summed E-state index contributed by atoms with van der Waals surface area (Å²) in [6.07, 6.45) is 32.5. The molecule has 31 heteroatoms. The predicted octanol–water partition coefficient (Wildman–Crippen LogP) is 30.6. The zero-order valence-corrected chi connectivity index (χ0v) is 83.3. The van der Waals surface area contributed by atoms with Gasteiger partial charge in [0.1, 0.15) is 74.4 Å². The molecule has 0 aliphatic heterocycles. The minimum Gasteiger partial charge on any atom is -0.304 e. The molecule has 722 valence electrons. The number of aryl methyl sites for hydroxylation is 4. The molecule has 18 heterocycles. The average Bonchev–Trinajstić information content (AvgIpc) is 1.07. The van der Waals surface area contributed by atoms with Gasteiger partial charge in [-0.2, -0.15) is 0 Å². The summed E-state index contributed by atoms with van der Waals surface area (Å²) in [4.78, 5) is 76.2. The fourth-order valence-corrected chi connectivity index (χ4v) is 18.0. The van der Waals surface area contributed by atoms with Gasteiger partial charge < -0.3 is 17.6 Å². The molecule has 6 aromatic carbocycles. The number of carbonyl (C=O) groups is 2. The highest BCUT2D eigenvalue weighted by Gasteiger charge is 2.23. The van der Waals surface area contributed by atoms with Crippen molar-refractivity contribution in [3.8, 4) is 134 Å². The second-order valence-electron chi connectivity index (χ2n) is 33.9. The van der Waals surface area contributed by atoms with Crippen molar-refractivity contribution in [1.29, 1.82) is 0 Å². The van der Waals surface area contributed by atoms with Crippen LogP contribution in [-0.2, 0) is 0 Å². The van der Waals surface area contributed by atoms with E-state index >= 15 is 0 Å². The lowest BCUT2D eigenvalue weighted by Gasteiger charge is -2.11. The summed E-state index contributed by atoms with van der Waals surface area (Å²) in [7, 11) is 0. The van der Waals surface area contributed by atoms with Crippen molar-refractivity contribution in [1.82, 2.24) is 86.2 Å². The Kier molecular flexibility index (Phi) is 29.1. The van der Waals surface area contributed by atoms with E-state index in [2.05, 4.69) is 82.5 Å². The van der Waals surface area contributed by atoms with Gasteiger partial charge in [-0.15, -0.1) is 0 Å². The monoisotopic (exact) mass is 2060 g/mol. The number of aromatic nitrogens is 18. The lowest BCUT2D eigenvalue weighted by molar-refractivity contribution is 0.0999. The van der Waals surface area contributed by atoms with Gasteiger partial charge in [-0.05, 0) is 222 Å². The summed E-state index contributed by atoms with van der Waals surface area (Å²) in [5, 5.41) is 1.84. The Morgan fingerprint density at radius 3 is 0.789 bits per heavy atom. The Morgan fingerprint density at radius 2 is 0.476 bits per heavy atom. The molecule has 0 radical (unpaired) electrons. The van der Waals surface area contributed by atoms with Crippen LogP contribution in [0.3, 0.4) is 0 Å². The lowest BCUT2D eigenvalue weighted by Crippen LogP contribution is -1.99. The van der Waals surface area contributed by atoms with E-state index in [1.165, 1.54) is 44.2 Å². The van der Waals surface area contributed by atoms with Crippen LogP contribution in [0.5, 0.6) is 0 Å². The van der Waals surface area contributed by atoms with E-state index in [1.54, 1.807) is 96.6 Å². The van der Waals surface area contributed by atoms with Crippen molar-refractivity contribution < 1.29 is 31.5 Å². The molecule has 18 aromatic heterocycles. The van der Waals surface area contributed by atoms with Crippen LogP contribution in [0.25, 0.3) is 168 Å². The fraction of sp³-hybridized carbons (Fsp3) is 0.0517. The summed E-state index contributed by atoms with van der Waals surface area (Å²) >= 11 is 36.0. The van der Waals surface area contributed by atoms with E-state index in [9.17, 15) is 31.5 Å². The molecular formula is C116H79Cl6F5N18O2. The number of benzene rings is 6. The normalized spacial score (nSPS) is 11.1. The van der Waals surface area contributed by atoms with E-state index in [4.69, 9.17) is 69.6 Å². The Bertz CT molecular complexity index is 9180. The smallest absolute Gasteiger partial charge is 0.178 e. The molecule has 0 fully saturated rings. The lowest BCUT2D eigenvalue weighted by atomic mass is 10.00. The third-order valence-electron chi connectivity index (χ3n) is 24.2. The number of hydrogen-bond donors (Lipinski definition) is 0. The minimum atomic E-state index is -0.796. The molecule has 24 aromatic rings. The molecule has 0 N–H and O–H groups in total. The number of pyridine rings is 12. The molecule has 0 aliphatic carbocycles. The summed E-state index contributed by atoms with van der Waals surface area (Å²) in [6, 6.07) is 77.4. The standard InChI is InChI=1S/C20H13ClFN3O.C20H14ClN3O.C19H12ClF2N3.2C19H13ClFN3.C19H14ClN3/c1-12(26)18-10-24-19-7-5-14(11-25(18)19)15-3-2-8-23-20(15)13-4-6-17(22)16(21)9-13;1-13(25)18-11-23-19-8-7-15(12-24(18)19)17-6-3-9-22-20(17)14-4-2-5-16(21)10-14;1-11-9-24-18-5-4-12(10-25(11)18)13-3-2-6-23-19(13)14-7-15(20)17(22)8-16(14)21;1-12-10-23-18-7-4-13(11-24(12)18)15-3-2-8-22-19(15)16-9-14(20)5-6-17(16)21;1-12-10-23-18-7-5-14(11-24(12)18)15-3-2-8-22-19(15)13-4-6-17(21)16(20)9-13;1-13-11-22-18-8-7-15(12-23(13)18)17-6-3-9-21-19(17)14-4-2-5-16(20)10-14/h2-11H,1H3;2-12H,1H3;2-10H,1H3;2*2-11H,1H3;2-12H,1H3. The Hall–Kier alpha value is -16.9. The van der Waals surface area contributed by atoms with Crippen molar-refractivity contribution >= 4 is 115 Å². The quantitative estimate of drug-likeness (QED) is 0.0562. The van der Waals surface area contributed by atoms with Crippen LogP contribution in [0.1, 0.15) is 57.6 Å². The molecule has 0 aliphatic rings. The highest BCUT2D eigenvalue weighted by Crippen LogP contribution is 2.42. The Balaban J connectivity index is 0.000000111.